The van der Waals surface area contributed by atoms with Gasteiger partial charge < -0.3 is 10.1 Å². The van der Waals surface area contributed by atoms with E-state index < -0.39 is 36.0 Å². The molecule has 0 saturated carbocycles. The van der Waals surface area contributed by atoms with Gasteiger partial charge in [-0.3, -0.25) is 15.0 Å². The van der Waals surface area contributed by atoms with Gasteiger partial charge in [-0.15, -0.1) is 0 Å². The summed E-state index contributed by atoms with van der Waals surface area (Å²) in [5.74, 6) is -2.13. The third kappa shape index (κ3) is 4.80. The van der Waals surface area contributed by atoms with Gasteiger partial charge in [-0.1, -0.05) is 67.1 Å². The van der Waals surface area contributed by atoms with Crippen molar-refractivity contribution < 1.29 is 23.9 Å². The van der Waals surface area contributed by atoms with E-state index in [-0.39, 0.29) is 0 Å². The molecule has 8 nitrogen and oxygen atoms in total. The minimum atomic E-state index is -1.27. The van der Waals surface area contributed by atoms with Gasteiger partial charge in [0.15, 0.2) is 6.61 Å². The Morgan fingerprint density at radius 3 is 2.55 bits per heavy atom. The van der Waals surface area contributed by atoms with Crippen molar-refractivity contribution in [1.29, 1.82) is 0 Å². The largest absolute Gasteiger partial charge is 0.452 e. The average molecular weight is 421 g/mol. The number of esters is 1. The van der Waals surface area contributed by atoms with E-state index >= 15 is 0 Å². The normalized spacial score (nSPS) is 18.2. The Balaban J connectivity index is 1.58. The quantitative estimate of drug-likeness (QED) is 0.406. The molecule has 8 heteroatoms. The molecule has 4 amide bonds. The molecule has 1 saturated heterocycles. The minimum Gasteiger partial charge on any atom is -0.452 e. The van der Waals surface area contributed by atoms with Gasteiger partial charge in [0.1, 0.15) is 5.54 Å². The van der Waals surface area contributed by atoms with Crippen molar-refractivity contribution in [2.75, 3.05) is 6.61 Å². The van der Waals surface area contributed by atoms with Crippen molar-refractivity contribution in [2.24, 2.45) is 0 Å². The lowest BCUT2D eigenvalue weighted by atomic mass is 9.87. The Kier molecular flexibility index (Phi) is 6.49. The van der Waals surface area contributed by atoms with Crippen LogP contribution in [-0.4, -0.2) is 35.4 Å². The van der Waals surface area contributed by atoms with E-state index in [0.717, 1.165) is 11.1 Å². The molecule has 0 aliphatic carbocycles. The number of urea groups is 1. The van der Waals surface area contributed by atoms with Crippen LogP contribution >= 0.6 is 0 Å². The lowest BCUT2D eigenvalue weighted by molar-refractivity contribution is -0.147. The summed E-state index contributed by atoms with van der Waals surface area (Å²) in [5, 5.41) is 3.27. The molecule has 2 aromatic rings. The zero-order valence-electron chi connectivity index (χ0n) is 17.3. The zero-order valence-corrected chi connectivity index (χ0v) is 17.3. The number of aryl methyl sites for hydroxylation is 1. The molecule has 1 fully saturated rings. The van der Waals surface area contributed by atoms with Crippen LogP contribution in [0.5, 0.6) is 0 Å². The summed E-state index contributed by atoms with van der Waals surface area (Å²) < 4.78 is 4.89. The number of carbonyl (C=O) groups excluding carboxylic acids is 4. The van der Waals surface area contributed by atoms with E-state index in [1.807, 2.05) is 31.2 Å². The summed E-state index contributed by atoms with van der Waals surface area (Å²) in [6.07, 6.45) is 3.07. The maximum atomic E-state index is 12.9. The molecule has 0 bridgehead atoms. The molecule has 2 N–H and O–H groups in total. The highest BCUT2D eigenvalue weighted by Gasteiger charge is 2.52. The van der Waals surface area contributed by atoms with Gasteiger partial charge in [-0.25, -0.2) is 9.59 Å². The minimum absolute atomic E-state index is 0.298. The van der Waals surface area contributed by atoms with Gasteiger partial charge in [-0.05, 0) is 30.5 Å². The Morgan fingerprint density at radius 2 is 1.87 bits per heavy atom. The number of carbonyl (C=O) groups is 4. The fourth-order valence-corrected chi connectivity index (χ4v) is 3.32. The van der Waals surface area contributed by atoms with Crippen LogP contribution in [0.1, 0.15) is 30.0 Å². The average Bonchev–Trinajstić information content (AvgIpc) is 3.02. The first-order valence-corrected chi connectivity index (χ1v) is 9.79. The van der Waals surface area contributed by atoms with E-state index in [0.29, 0.717) is 17.0 Å². The maximum Gasteiger partial charge on any atom is 0.344 e. The first-order chi connectivity index (χ1) is 14.9. The summed E-state index contributed by atoms with van der Waals surface area (Å²) in [6.45, 7) is 3.05. The van der Waals surface area contributed by atoms with Crippen LogP contribution in [0.4, 0.5) is 4.79 Å². The van der Waals surface area contributed by atoms with Crippen LogP contribution in [0.25, 0.3) is 6.08 Å². The molecule has 0 radical (unpaired) electrons. The number of benzene rings is 2. The molecule has 3 rings (SSSR count). The number of hydrazine groups is 1. The van der Waals surface area contributed by atoms with Gasteiger partial charge in [-0.2, -0.15) is 5.01 Å². The highest BCUT2D eigenvalue weighted by molar-refractivity contribution is 6.08. The fraction of sp³-hybridized carbons (Fsp3) is 0.217. The molecule has 31 heavy (non-hydrogen) atoms. The predicted octanol–water partition coefficient (Wildman–Crippen LogP) is 2.44. The molecule has 160 valence electrons. The maximum absolute atomic E-state index is 12.9. The third-order valence-electron chi connectivity index (χ3n) is 4.92. The Bertz CT molecular complexity index is 1030. The van der Waals surface area contributed by atoms with E-state index in [2.05, 4.69) is 10.7 Å². The van der Waals surface area contributed by atoms with Gasteiger partial charge in [0, 0.05) is 6.08 Å². The van der Waals surface area contributed by atoms with Crippen LogP contribution in [0.3, 0.4) is 0 Å². The number of ether oxygens (including phenoxy) is 1. The molecule has 0 spiro atoms. The molecule has 1 aliphatic rings. The number of nitrogens with one attached hydrogen (secondary N) is 2. The van der Waals surface area contributed by atoms with Crippen LogP contribution in [-0.2, 0) is 24.7 Å². The number of amides is 4. The summed E-state index contributed by atoms with van der Waals surface area (Å²) in [5.41, 5.74) is 3.41. The molecule has 0 aromatic heterocycles. The molecule has 1 atom stereocenters. The van der Waals surface area contributed by atoms with Crippen molar-refractivity contribution in [3.8, 4) is 0 Å². The van der Waals surface area contributed by atoms with Gasteiger partial charge >= 0.3 is 12.0 Å². The SMILES string of the molecule is CC[C@]1(c2ccccc2)NC(=O)N(NC(=O)COC(=O)/C=C/c2cccc(C)c2)C1=O. The fourth-order valence-electron chi connectivity index (χ4n) is 3.32. The highest BCUT2D eigenvalue weighted by atomic mass is 16.5. The summed E-state index contributed by atoms with van der Waals surface area (Å²) in [7, 11) is 0. The molecular formula is C23H23N3O5. The van der Waals surface area contributed by atoms with Crippen LogP contribution in [0.2, 0.25) is 0 Å². The number of imide groups is 1. The van der Waals surface area contributed by atoms with Crippen molar-refractivity contribution in [1.82, 2.24) is 15.8 Å². The van der Waals surface area contributed by atoms with Crippen LogP contribution in [0, 0.1) is 6.92 Å². The van der Waals surface area contributed by atoms with Crippen LogP contribution < -0.4 is 10.7 Å². The smallest absolute Gasteiger partial charge is 0.344 e. The molecule has 1 aliphatic heterocycles. The summed E-state index contributed by atoms with van der Waals surface area (Å²) in [6, 6.07) is 15.5. The third-order valence-corrected chi connectivity index (χ3v) is 4.92. The topological polar surface area (TPSA) is 105 Å². The van der Waals surface area contributed by atoms with E-state index in [4.69, 9.17) is 4.74 Å². The summed E-state index contributed by atoms with van der Waals surface area (Å²) in [4.78, 5) is 49.3. The first-order valence-electron chi connectivity index (χ1n) is 9.79. The Morgan fingerprint density at radius 1 is 1.13 bits per heavy atom. The van der Waals surface area contributed by atoms with E-state index in [1.54, 1.807) is 43.3 Å². The van der Waals surface area contributed by atoms with Gasteiger partial charge in [0.25, 0.3) is 11.8 Å². The van der Waals surface area contributed by atoms with Crippen molar-refractivity contribution in [2.45, 2.75) is 25.8 Å². The Labute approximate surface area is 179 Å². The number of rotatable bonds is 7. The van der Waals surface area contributed by atoms with Crippen molar-refractivity contribution >= 4 is 29.9 Å². The second-order valence-corrected chi connectivity index (χ2v) is 7.09. The zero-order chi connectivity index (χ0) is 22.4. The van der Waals surface area contributed by atoms with Gasteiger partial charge in [0.05, 0.1) is 0 Å². The van der Waals surface area contributed by atoms with Crippen molar-refractivity contribution in [3.63, 3.8) is 0 Å². The number of nitrogens with zero attached hydrogens (tertiary/aromatic N) is 1. The molecule has 2 aromatic carbocycles. The molecule has 0 unspecified atom stereocenters. The lowest BCUT2D eigenvalue weighted by Gasteiger charge is -2.25. The summed E-state index contributed by atoms with van der Waals surface area (Å²) >= 11 is 0. The van der Waals surface area contributed by atoms with E-state index in [1.165, 1.54) is 6.08 Å². The van der Waals surface area contributed by atoms with Crippen molar-refractivity contribution in [3.05, 3.63) is 77.4 Å². The van der Waals surface area contributed by atoms with Crippen LogP contribution in [0.15, 0.2) is 60.7 Å². The molecular weight excluding hydrogens is 398 g/mol. The second kappa shape index (κ2) is 9.25. The Hall–Kier alpha value is -3.94. The number of hydrogen-bond donors (Lipinski definition) is 2. The van der Waals surface area contributed by atoms with E-state index in [9.17, 15) is 19.2 Å². The highest BCUT2D eigenvalue weighted by Crippen LogP contribution is 2.31. The monoisotopic (exact) mass is 421 g/mol. The molecule has 1 heterocycles. The first kappa shape index (κ1) is 21.8. The standard InChI is InChI=1S/C23H23N3O5/c1-3-23(18-10-5-4-6-11-18)21(29)26(22(30)24-23)25-19(27)15-31-20(28)13-12-17-9-7-8-16(2)14-17/h4-14H,3,15H2,1-2H3,(H,24,30)(H,25,27)/b13-12+/t23-/m1/s1. The van der Waals surface area contributed by atoms with Gasteiger partial charge in [0.2, 0.25) is 0 Å². The number of hydrogen-bond acceptors (Lipinski definition) is 5. The second-order valence-electron chi connectivity index (χ2n) is 7.09. The lowest BCUT2D eigenvalue weighted by Crippen LogP contribution is -2.49. The predicted molar refractivity (Wildman–Crippen MR) is 113 cm³/mol.